The first kappa shape index (κ1) is 22.7. The van der Waals surface area contributed by atoms with Crippen LogP contribution in [-0.2, 0) is 22.6 Å². The van der Waals surface area contributed by atoms with Crippen LogP contribution in [0, 0.1) is 6.92 Å². The SMILES string of the molecule is CC[C@@H](C)NC(=O)[C@@H](CC)N(Cc1ccc(C)cc1)C(=O)CCc1ccccc1. The molecule has 0 aromatic heterocycles. The molecule has 0 saturated heterocycles. The first-order valence-corrected chi connectivity index (χ1v) is 10.6. The fourth-order valence-electron chi connectivity index (χ4n) is 3.29. The molecule has 4 nitrogen and oxygen atoms in total. The van der Waals surface area contributed by atoms with Gasteiger partial charge in [0.05, 0.1) is 0 Å². The van der Waals surface area contributed by atoms with Gasteiger partial charge >= 0.3 is 0 Å². The van der Waals surface area contributed by atoms with Crippen molar-refractivity contribution in [2.75, 3.05) is 0 Å². The Bertz CT molecular complexity index is 771. The molecule has 29 heavy (non-hydrogen) atoms. The van der Waals surface area contributed by atoms with Crippen molar-refractivity contribution >= 4 is 11.8 Å². The summed E-state index contributed by atoms with van der Waals surface area (Å²) in [5.41, 5.74) is 3.35. The summed E-state index contributed by atoms with van der Waals surface area (Å²) in [6, 6.07) is 17.8. The van der Waals surface area contributed by atoms with Gasteiger partial charge in [0.1, 0.15) is 6.04 Å². The number of carbonyl (C=O) groups excluding carboxylic acids is 2. The minimum atomic E-state index is -0.464. The minimum absolute atomic E-state index is 0.0144. The van der Waals surface area contributed by atoms with E-state index in [4.69, 9.17) is 0 Å². The second-order valence-corrected chi connectivity index (χ2v) is 7.73. The summed E-state index contributed by atoms with van der Waals surface area (Å²) < 4.78 is 0. The highest BCUT2D eigenvalue weighted by Crippen LogP contribution is 2.16. The minimum Gasteiger partial charge on any atom is -0.352 e. The predicted octanol–water partition coefficient (Wildman–Crippen LogP) is 4.65. The second-order valence-electron chi connectivity index (χ2n) is 7.73. The summed E-state index contributed by atoms with van der Waals surface area (Å²) in [5, 5.41) is 3.05. The molecule has 0 aliphatic rings. The molecular formula is C25H34N2O2. The van der Waals surface area contributed by atoms with E-state index < -0.39 is 6.04 Å². The van der Waals surface area contributed by atoms with Crippen molar-refractivity contribution in [2.45, 2.75) is 72.0 Å². The molecule has 0 saturated carbocycles. The normalized spacial score (nSPS) is 12.8. The number of benzene rings is 2. The number of rotatable bonds is 10. The average molecular weight is 395 g/mol. The van der Waals surface area contributed by atoms with Crippen LogP contribution in [0.5, 0.6) is 0 Å². The van der Waals surface area contributed by atoms with E-state index >= 15 is 0 Å². The number of aryl methyl sites for hydroxylation is 2. The Labute approximate surface area is 175 Å². The third-order valence-electron chi connectivity index (χ3n) is 5.33. The molecule has 1 N–H and O–H groups in total. The highest BCUT2D eigenvalue weighted by atomic mass is 16.2. The molecule has 0 radical (unpaired) electrons. The topological polar surface area (TPSA) is 49.4 Å². The Morgan fingerprint density at radius 1 is 0.931 bits per heavy atom. The van der Waals surface area contributed by atoms with Crippen molar-refractivity contribution < 1.29 is 9.59 Å². The van der Waals surface area contributed by atoms with Crippen LogP contribution < -0.4 is 5.32 Å². The lowest BCUT2D eigenvalue weighted by molar-refractivity contribution is -0.141. The van der Waals surface area contributed by atoms with E-state index in [-0.39, 0.29) is 17.9 Å². The molecule has 4 heteroatoms. The van der Waals surface area contributed by atoms with Gasteiger partial charge in [-0.15, -0.1) is 0 Å². The molecule has 0 fully saturated rings. The monoisotopic (exact) mass is 394 g/mol. The summed E-state index contributed by atoms with van der Waals surface area (Å²) in [6.45, 7) is 8.49. The van der Waals surface area contributed by atoms with E-state index in [1.165, 1.54) is 5.56 Å². The maximum atomic E-state index is 13.2. The van der Waals surface area contributed by atoms with E-state index in [0.717, 1.165) is 17.5 Å². The van der Waals surface area contributed by atoms with E-state index in [1.54, 1.807) is 4.90 Å². The van der Waals surface area contributed by atoms with Gasteiger partial charge in [-0.05, 0) is 44.2 Å². The van der Waals surface area contributed by atoms with Gasteiger partial charge in [-0.3, -0.25) is 9.59 Å². The van der Waals surface area contributed by atoms with Gasteiger partial charge in [-0.2, -0.15) is 0 Å². The van der Waals surface area contributed by atoms with Crippen LogP contribution in [-0.4, -0.2) is 28.8 Å². The van der Waals surface area contributed by atoms with Gasteiger partial charge < -0.3 is 10.2 Å². The standard InChI is InChI=1S/C25H34N2O2/c1-5-20(4)26-25(29)23(6-2)27(18-22-14-12-19(3)13-15-22)24(28)17-16-21-10-8-7-9-11-21/h7-15,20,23H,5-6,16-18H2,1-4H3,(H,26,29)/t20-,23-/m1/s1. The van der Waals surface area contributed by atoms with Crippen molar-refractivity contribution in [2.24, 2.45) is 0 Å². The van der Waals surface area contributed by atoms with E-state index in [1.807, 2.05) is 82.3 Å². The van der Waals surface area contributed by atoms with Crippen LogP contribution in [0.15, 0.2) is 54.6 Å². The maximum Gasteiger partial charge on any atom is 0.243 e. The van der Waals surface area contributed by atoms with Gasteiger partial charge in [0, 0.05) is 19.0 Å². The molecule has 2 rings (SSSR count). The van der Waals surface area contributed by atoms with Crippen LogP contribution >= 0.6 is 0 Å². The smallest absolute Gasteiger partial charge is 0.243 e. The lowest BCUT2D eigenvalue weighted by Crippen LogP contribution is -2.50. The first-order valence-electron chi connectivity index (χ1n) is 10.6. The fraction of sp³-hybridized carbons (Fsp3) is 0.440. The highest BCUT2D eigenvalue weighted by molar-refractivity contribution is 5.87. The summed E-state index contributed by atoms with van der Waals surface area (Å²) in [5.74, 6) is -0.0531. The van der Waals surface area contributed by atoms with Crippen LogP contribution in [0.2, 0.25) is 0 Å². The summed E-state index contributed by atoms with van der Waals surface area (Å²) in [7, 11) is 0. The van der Waals surface area contributed by atoms with Crippen LogP contribution in [0.3, 0.4) is 0 Å². The van der Waals surface area contributed by atoms with Crippen LogP contribution in [0.1, 0.15) is 56.7 Å². The van der Waals surface area contributed by atoms with E-state index in [9.17, 15) is 9.59 Å². The van der Waals surface area contributed by atoms with Crippen molar-refractivity contribution in [3.63, 3.8) is 0 Å². The number of hydrogen-bond donors (Lipinski definition) is 1. The Balaban J connectivity index is 2.19. The molecular weight excluding hydrogens is 360 g/mol. The first-order chi connectivity index (χ1) is 13.9. The van der Waals surface area contributed by atoms with E-state index in [2.05, 4.69) is 5.32 Å². The number of nitrogens with zero attached hydrogens (tertiary/aromatic N) is 1. The van der Waals surface area contributed by atoms with Crippen LogP contribution in [0.25, 0.3) is 0 Å². The Morgan fingerprint density at radius 2 is 1.59 bits per heavy atom. The number of hydrogen-bond acceptors (Lipinski definition) is 2. The number of nitrogens with one attached hydrogen (secondary N) is 1. The average Bonchev–Trinajstić information content (AvgIpc) is 2.73. The van der Waals surface area contributed by atoms with Crippen molar-refractivity contribution in [3.8, 4) is 0 Å². The Kier molecular flexibility index (Phi) is 8.91. The largest absolute Gasteiger partial charge is 0.352 e. The highest BCUT2D eigenvalue weighted by Gasteiger charge is 2.28. The van der Waals surface area contributed by atoms with Gasteiger partial charge in [-0.25, -0.2) is 0 Å². The fourth-order valence-corrected chi connectivity index (χ4v) is 3.29. The Morgan fingerprint density at radius 3 is 2.17 bits per heavy atom. The third kappa shape index (κ3) is 7.04. The third-order valence-corrected chi connectivity index (χ3v) is 5.33. The molecule has 0 aliphatic heterocycles. The zero-order valence-electron chi connectivity index (χ0n) is 18.2. The lowest BCUT2D eigenvalue weighted by Gasteiger charge is -2.31. The number of carbonyl (C=O) groups is 2. The molecule has 2 amide bonds. The summed E-state index contributed by atoms with van der Waals surface area (Å²) in [6.07, 6.45) is 2.52. The molecule has 0 spiro atoms. The molecule has 0 unspecified atom stereocenters. The summed E-state index contributed by atoms with van der Waals surface area (Å²) in [4.78, 5) is 27.9. The predicted molar refractivity (Wildman–Crippen MR) is 118 cm³/mol. The lowest BCUT2D eigenvalue weighted by atomic mass is 10.1. The van der Waals surface area contributed by atoms with E-state index in [0.29, 0.717) is 25.8 Å². The maximum absolute atomic E-state index is 13.2. The second kappa shape index (κ2) is 11.4. The van der Waals surface area contributed by atoms with Crippen molar-refractivity contribution in [1.82, 2.24) is 10.2 Å². The quantitative estimate of drug-likeness (QED) is 0.638. The van der Waals surface area contributed by atoms with Crippen LogP contribution in [0.4, 0.5) is 0 Å². The van der Waals surface area contributed by atoms with Gasteiger partial charge in [0.25, 0.3) is 0 Å². The zero-order chi connectivity index (χ0) is 21.2. The van der Waals surface area contributed by atoms with Crippen molar-refractivity contribution in [3.05, 3.63) is 71.3 Å². The Hall–Kier alpha value is -2.62. The van der Waals surface area contributed by atoms with Gasteiger partial charge in [0.2, 0.25) is 11.8 Å². The molecule has 0 bridgehead atoms. The van der Waals surface area contributed by atoms with Crippen molar-refractivity contribution in [1.29, 1.82) is 0 Å². The zero-order valence-corrected chi connectivity index (χ0v) is 18.2. The van der Waals surface area contributed by atoms with Gasteiger partial charge in [-0.1, -0.05) is 74.0 Å². The molecule has 0 heterocycles. The molecule has 2 aromatic carbocycles. The number of amides is 2. The summed E-state index contributed by atoms with van der Waals surface area (Å²) >= 11 is 0. The molecule has 156 valence electrons. The molecule has 0 aliphatic carbocycles. The molecule has 2 aromatic rings. The van der Waals surface area contributed by atoms with Gasteiger partial charge in [0.15, 0.2) is 0 Å². The molecule has 2 atom stereocenters.